The third kappa shape index (κ3) is 11.9. The van der Waals surface area contributed by atoms with E-state index in [1.807, 2.05) is 62.4 Å². The highest BCUT2D eigenvalue weighted by molar-refractivity contribution is 7.89. The summed E-state index contributed by atoms with van der Waals surface area (Å²) in [5.41, 5.74) is 2.04. The van der Waals surface area contributed by atoms with Crippen LogP contribution in [0.25, 0.3) is 0 Å². The number of carbonyl (C=O) groups is 1. The van der Waals surface area contributed by atoms with Gasteiger partial charge in [0.25, 0.3) is 0 Å². The second-order valence-corrected chi connectivity index (χ2v) is 12.4. The number of hydrogen-bond acceptors (Lipinski definition) is 9. The van der Waals surface area contributed by atoms with Crippen LogP contribution in [0.4, 0.5) is 4.79 Å². The molecule has 0 saturated heterocycles. The second kappa shape index (κ2) is 17.6. The van der Waals surface area contributed by atoms with Gasteiger partial charge in [-0.2, -0.15) is 8.42 Å². The van der Waals surface area contributed by atoms with Gasteiger partial charge in [0.15, 0.2) is 23.2 Å². The zero-order valence-electron chi connectivity index (χ0n) is 26.2. The number of amidine groups is 2. The lowest BCUT2D eigenvalue weighted by Gasteiger charge is -2.30. The smallest absolute Gasteiger partial charge is 0.404 e. The lowest BCUT2D eigenvalue weighted by Crippen LogP contribution is -2.50. The number of nitrogens with zero attached hydrogens (tertiary/aromatic N) is 2. The Balaban J connectivity index is 1.65. The number of methoxy groups -OCH3 is 2. The Morgan fingerprint density at radius 3 is 2.31 bits per heavy atom. The standard InChI is InChI=1S/C31H45N5O8S/c1-21(2)24(17-23-11-12-27(43-4)28(18-23)44-16-8-15-42-3)19-25(34-31(38)39)26(37)20-33-30-29(35-45(40,41)36-30)32-14-13-22-9-6-5-7-10-22/h5-7,9-12,18,21,24-26,34,37H,8,13-17,19-20H2,1-4H3,(H,32,35)(H,33,36)(H,38,39)/t24-,25+,26-/m1/s1. The highest BCUT2D eigenvalue weighted by Gasteiger charge is 2.29. The topological polar surface area (TPSA) is 180 Å². The summed E-state index contributed by atoms with van der Waals surface area (Å²) in [5, 5.41) is 28.9. The van der Waals surface area contributed by atoms with E-state index in [-0.39, 0.29) is 30.1 Å². The molecule has 2 aromatic carbocycles. The SMILES string of the molecule is COCCCOc1cc(C[C@H](C[C@H](NC(=O)O)[C@H](O)CNC2=NS(=O)(=O)N=C2NCCc2ccccc2)C(C)C)ccc1OC. The molecule has 0 bridgehead atoms. The van der Waals surface area contributed by atoms with Crippen molar-refractivity contribution in [2.75, 3.05) is 40.5 Å². The summed E-state index contributed by atoms with van der Waals surface area (Å²) in [7, 11) is -0.862. The molecule has 1 aliphatic heterocycles. The predicted molar refractivity (Wildman–Crippen MR) is 173 cm³/mol. The van der Waals surface area contributed by atoms with E-state index < -0.39 is 28.4 Å². The first-order valence-electron chi connectivity index (χ1n) is 14.9. The molecule has 248 valence electrons. The van der Waals surface area contributed by atoms with Crippen molar-refractivity contribution in [3.63, 3.8) is 0 Å². The lowest BCUT2D eigenvalue weighted by atomic mass is 9.83. The summed E-state index contributed by atoms with van der Waals surface area (Å²) in [6.07, 6.45) is -0.196. The zero-order chi connectivity index (χ0) is 32.8. The summed E-state index contributed by atoms with van der Waals surface area (Å²) >= 11 is 0. The van der Waals surface area contributed by atoms with E-state index in [1.165, 1.54) is 0 Å². The first-order chi connectivity index (χ1) is 21.5. The summed E-state index contributed by atoms with van der Waals surface area (Å²) in [4.78, 5) is 11.7. The molecule has 5 N–H and O–H groups in total. The number of carboxylic acid groups (broad SMARTS) is 1. The number of hydrogen-bond donors (Lipinski definition) is 5. The average molecular weight is 648 g/mol. The van der Waals surface area contributed by atoms with Gasteiger partial charge in [-0.05, 0) is 54.4 Å². The van der Waals surface area contributed by atoms with Gasteiger partial charge in [-0.1, -0.05) is 50.2 Å². The van der Waals surface area contributed by atoms with Crippen molar-refractivity contribution in [1.29, 1.82) is 0 Å². The molecule has 3 rings (SSSR count). The first kappa shape index (κ1) is 35.6. The van der Waals surface area contributed by atoms with Crippen molar-refractivity contribution in [3.8, 4) is 11.5 Å². The number of rotatable bonds is 18. The monoisotopic (exact) mass is 647 g/mol. The third-order valence-electron chi connectivity index (χ3n) is 7.41. The summed E-state index contributed by atoms with van der Waals surface area (Å²) in [6.45, 7) is 5.38. The Morgan fingerprint density at radius 1 is 0.956 bits per heavy atom. The van der Waals surface area contributed by atoms with Crippen molar-refractivity contribution in [2.45, 2.75) is 51.7 Å². The second-order valence-electron chi connectivity index (χ2n) is 11.1. The summed E-state index contributed by atoms with van der Waals surface area (Å²) < 4.78 is 48.0. The van der Waals surface area contributed by atoms with Crippen LogP contribution in [-0.4, -0.2) is 89.1 Å². The van der Waals surface area contributed by atoms with Gasteiger partial charge in [0, 0.05) is 33.2 Å². The molecule has 0 spiro atoms. The number of aliphatic hydroxyl groups is 1. The van der Waals surface area contributed by atoms with Crippen molar-refractivity contribution < 1.29 is 37.6 Å². The molecule has 2 aromatic rings. The molecule has 0 aliphatic carbocycles. The molecular formula is C31H45N5O8S. The Labute approximate surface area is 265 Å². The molecule has 14 heteroatoms. The van der Waals surface area contributed by atoms with E-state index in [0.29, 0.717) is 50.5 Å². The number of ether oxygens (including phenoxy) is 3. The van der Waals surface area contributed by atoms with Gasteiger partial charge < -0.3 is 40.4 Å². The molecule has 0 aromatic heterocycles. The van der Waals surface area contributed by atoms with E-state index >= 15 is 0 Å². The van der Waals surface area contributed by atoms with Crippen molar-refractivity contribution in [1.82, 2.24) is 16.0 Å². The molecule has 0 unspecified atom stereocenters. The number of nitrogens with one attached hydrogen (secondary N) is 3. The minimum atomic E-state index is -4.08. The van der Waals surface area contributed by atoms with Crippen LogP contribution in [0.5, 0.6) is 11.5 Å². The molecule has 3 atom stereocenters. The maximum Gasteiger partial charge on any atom is 0.404 e. The van der Waals surface area contributed by atoms with E-state index in [0.717, 1.165) is 17.5 Å². The number of amides is 1. The number of benzene rings is 2. The van der Waals surface area contributed by atoms with E-state index in [1.54, 1.807) is 14.2 Å². The van der Waals surface area contributed by atoms with Gasteiger partial charge in [0.2, 0.25) is 0 Å². The quantitative estimate of drug-likeness (QED) is 0.151. The highest BCUT2D eigenvalue weighted by atomic mass is 32.2. The fourth-order valence-corrected chi connectivity index (χ4v) is 5.72. The molecule has 0 radical (unpaired) electrons. The highest BCUT2D eigenvalue weighted by Crippen LogP contribution is 2.31. The number of aliphatic hydroxyl groups excluding tert-OH is 1. The van der Waals surface area contributed by atoms with Crippen LogP contribution in [0.1, 0.15) is 37.8 Å². The Hall–Kier alpha value is -3.88. The van der Waals surface area contributed by atoms with Crippen molar-refractivity contribution in [3.05, 3.63) is 59.7 Å². The van der Waals surface area contributed by atoms with Crippen molar-refractivity contribution in [2.24, 2.45) is 20.6 Å². The van der Waals surface area contributed by atoms with Gasteiger partial charge in [-0.25, -0.2) is 4.79 Å². The average Bonchev–Trinajstić information content (AvgIpc) is 3.30. The molecule has 45 heavy (non-hydrogen) atoms. The van der Waals surface area contributed by atoms with Gasteiger partial charge in [0.1, 0.15) is 0 Å². The van der Waals surface area contributed by atoms with E-state index in [2.05, 4.69) is 24.7 Å². The van der Waals surface area contributed by atoms with E-state index in [9.17, 15) is 23.4 Å². The Kier molecular flexibility index (Phi) is 13.9. The minimum absolute atomic E-state index is 0.0211. The Morgan fingerprint density at radius 2 is 1.67 bits per heavy atom. The van der Waals surface area contributed by atoms with Crippen molar-refractivity contribution >= 4 is 28.0 Å². The lowest BCUT2D eigenvalue weighted by molar-refractivity contribution is 0.105. The summed E-state index contributed by atoms with van der Waals surface area (Å²) in [6, 6.07) is 14.5. The molecule has 13 nitrogen and oxygen atoms in total. The minimum Gasteiger partial charge on any atom is -0.493 e. The van der Waals surface area contributed by atoms with Gasteiger partial charge in [0.05, 0.1) is 25.9 Å². The van der Waals surface area contributed by atoms with Gasteiger partial charge in [-0.3, -0.25) is 0 Å². The van der Waals surface area contributed by atoms with Crippen LogP contribution in [0.2, 0.25) is 0 Å². The van der Waals surface area contributed by atoms with Crippen LogP contribution in [0, 0.1) is 11.8 Å². The zero-order valence-corrected chi connectivity index (χ0v) is 27.0. The normalized spacial score (nSPS) is 15.9. The molecule has 1 aliphatic rings. The molecule has 1 heterocycles. The predicted octanol–water partition coefficient (Wildman–Crippen LogP) is 2.79. The van der Waals surface area contributed by atoms with Crippen LogP contribution in [-0.2, 0) is 27.8 Å². The fourth-order valence-electron chi connectivity index (χ4n) is 4.92. The summed E-state index contributed by atoms with van der Waals surface area (Å²) in [5.74, 6) is 1.35. The molecule has 0 saturated carbocycles. The van der Waals surface area contributed by atoms with Gasteiger partial charge in [-0.15, -0.1) is 8.80 Å². The van der Waals surface area contributed by atoms with Crippen LogP contribution in [0.15, 0.2) is 57.3 Å². The van der Waals surface area contributed by atoms with Gasteiger partial charge >= 0.3 is 16.3 Å². The maximum atomic E-state index is 12.1. The maximum absolute atomic E-state index is 12.1. The molecule has 1 amide bonds. The van der Waals surface area contributed by atoms with E-state index in [4.69, 9.17) is 14.2 Å². The molecular weight excluding hydrogens is 602 g/mol. The van der Waals surface area contributed by atoms with Crippen LogP contribution < -0.4 is 25.4 Å². The Bertz CT molecular complexity index is 1400. The molecule has 0 fully saturated rings. The fraction of sp³-hybridized carbons (Fsp3) is 0.516. The third-order valence-corrected chi connectivity index (χ3v) is 8.24. The largest absolute Gasteiger partial charge is 0.493 e. The van der Waals surface area contributed by atoms with Crippen LogP contribution >= 0.6 is 0 Å². The first-order valence-corrected chi connectivity index (χ1v) is 16.3. The van der Waals surface area contributed by atoms with Crippen LogP contribution in [0.3, 0.4) is 0 Å².